The van der Waals surface area contributed by atoms with Gasteiger partial charge >= 0.3 is 12.2 Å². The number of piperazine rings is 1. The van der Waals surface area contributed by atoms with Gasteiger partial charge in [0.1, 0.15) is 11.6 Å². The molecule has 0 radical (unpaired) electrons. The van der Waals surface area contributed by atoms with Crippen molar-refractivity contribution in [3.8, 4) is 0 Å². The number of ether oxygens (including phenoxy) is 2. The van der Waals surface area contributed by atoms with Crippen molar-refractivity contribution in [1.29, 1.82) is 0 Å². The second-order valence-corrected chi connectivity index (χ2v) is 11.3. The summed E-state index contributed by atoms with van der Waals surface area (Å²) in [5.41, 5.74) is 1.44. The van der Waals surface area contributed by atoms with Crippen molar-refractivity contribution < 1.29 is 23.9 Å². The summed E-state index contributed by atoms with van der Waals surface area (Å²) in [6, 6.07) is 26.4. The van der Waals surface area contributed by atoms with Gasteiger partial charge in [0.15, 0.2) is 5.60 Å². The number of cyclic esters (lactones) is 1. The molecule has 0 bridgehead atoms. The number of nitrogens with zero attached hydrogens (tertiary/aromatic N) is 3. The first-order chi connectivity index (χ1) is 19.1. The lowest BCUT2D eigenvalue weighted by Gasteiger charge is -2.42. The van der Waals surface area contributed by atoms with Gasteiger partial charge in [-0.2, -0.15) is 0 Å². The first-order valence-electron chi connectivity index (χ1n) is 13.5. The zero-order chi connectivity index (χ0) is 28.5. The maximum atomic E-state index is 13.8. The van der Waals surface area contributed by atoms with Crippen molar-refractivity contribution in [1.82, 2.24) is 14.7 Å². The van der Waals surface area contributed by atoms with E-state index >= 15 is 0 Å². The maximum Gasteiger partial charge on any atom is 0.411 e. The van der Waals surface area contributed by atoms with E-state index in [1.165, 1.54) is 4.90 Å². The molecular formula is C32H35N3O5. The molecular weight excluding hydrogens is 506 g/mol. The lowest BCUT2D eigenvalue weighted by molar-refractivity contribution is 0.0285. The van der Waals surface area contributed by atoms with Crippen molar-refractivity contribution >= 4 is 18.1 Å². The first-order valence-corrected chi connectivity index (χ1v) is 13.5. The van der Waals surface area contributed by atoms with E-state index in [0.29, 0.717) is 31.7 Å². The molecule has 2 fully saturated rings. The zero-order valence-corrected chi connectivity index (χ0v) is 23.4. The van der Waals surface area contributed by atoms with E-state index in [1.807, 2.05) is 99.6 Å². The summed E-state index contributed by atoms with van der Waals surface area (Å²) in [6.07, 6.45) is -0.804. The molecule has 40 heavy (non-hydrogen) atoms. The molecule has 3 amide bonds. The summed E-state index contributed by atoms with van der Waals surface area (Å²) in [7, 11) is 1.67. The molecule has 1 atom stereocenters. The second kappa shape index (κ2) is 10.7. The van der Waals surface area contributed by atoms with Crippen LogP contribution in [0.25, 0.3) is 0 Å². The molecule has 8 nitrogen and oxygen atoms in total. The van der Waals surface area contributed by atoms with Gasteiger partial charge in [0.25, 0.3) is 5.91 Å². The molecule has 2 aliphatic heterocycles. The highest BCUT2D eigenvalue weighted by molar-refractivity contribution is 5.94. The molecule has 2 aliphatic rings. The third-order valence-electron chi connectivity index (χ3n) is 7.32. The number of carbonyl (C=O) groups is 3. The normalized spacial score (nSPS) is 18.1. The average molecular weight is 542 g/mol. The van der Waals surface area contributed by atoms with Gasteiger partial charge in [0.2, 0.25) is 0 Å². The molecule has 8 heteroatoms. The molecule has 0 spiro atoms. The Bertz CT molecular complexity index is 1350. The van der Waals surface area contributed by atoms with Crippen molar-refractivity contribution in [2.75, 3.05) is 26.7 Å². The van der Waals surface area contributed by atoms with Gasteiger partial charge in [-0.15, -0.1) is 0 Å². The van der Waals surface area contributed by atoms with Crippen molar-refractivity contribution in [2.24, 2.45) is 0 Å². The topological polar surface area (TPSA) is 79.4 Å². The van der Waals surface area contributed by atoms with E-state index in [2.05, 4.69) is 0 Å². The van der Waals surface area contributed by atoms with Crippen LogP contribution in [0.3, 0.4) is 0 Å². The molecule has 2 saturated heterocycles. The fourth-order valence-corrected chi connectivity index (χ4v) is 5.50. The number of hydrogen-bond donors (Lipinski definition) is 0. The fraction of sp³-hybridized carbons (Fsp3) is 0.344. The Kier molecular flexibility index (Phi) is 7.27. The summed E-state index contributed by atoms with van der Waals surface area (Å²) >= 11 is 0. The van der Waals surface area contributed by atoms with Crippen LogP contribution in [0, 0.1) is 0 Å². The highest BCUT2D eigenvalue weighted by Gasteiger charge is 2.58. The van der Waals surface area contributed by atoms with E-state index in [-0.39, 0.29) is 12.0 Å². The average Bonchev–Trinajstić information content (AvgIpc) is 3.25. The minimum atomic E-state index is -1.05. The molecule has 0 N–H and O–H groups in total. The van der Waals surface area contributed by atoms with Crippen LogP contribution in [-0.2, 0) is 21.6 Å². The third-order valence-corrected chi connectivity index (χ3v) is 7.32. The second-order valence-electron chi connectivity index (χ2n) is 11.3. The molecule has 3 aromatic rings. The number of carbonyl (C=O) groups excluding carboxylic acids is 3. The van der Waals surface area contributed by atoms with Gasteiger partial charge in [-0.25, -0.2) is 9.59 Å². The Morgan fingerprint density at radius 2 is 1.57 bits per heavy atom. The highest BCUT2D eigenvalue weighted by atomic mass is 16.6. The van der Waals surface area contributed by atoms with Crippen LogP contribution in [-0.4, -0.2) is 71.1 Å². The molecule has 0 aliphatic carbocycles. The van der Waals surface area contributed by atoms with Gasteiger partial charge in [-0.05, 0) is 38.5 Å². The van der Waals surface area contributed by atoms with Gasteiger partial charge in [0, 0.05) is 49.9 Å². The standard InChI is InChI=1S/C32H35N3O5/c1-31(2,3)39-29(37)33(4)21-23-12-11-13-24(20-23)28(36)34-18-19-35-27(22-34)32(40-30(35)38,25-14-7-5-8-15-25)26-16-9-6-10-17-26/h5-17,20,27H,18-19,21-22H2,1-4H3. The fourth-order valence-electron chi connectivity index (χ4n) is 5.50. The van der Waals surface area contributed by atoms with Crippen molar-refractivity contribution in [3.63, 3.8) is 0 Å². The van der Waals surface area contributed by atoms with Crippen LogP contribution in [0.1, 0.15) is 47.8 Å². The maximum absolute atomic E-state index is 13.8. The number of amides is 3. The minimum absolute atomic E-state index is 0.129. The third kappa shape index (κ3) is 5.26. The molecule has 5 rings (SSSR count). The number of rotatable bonds is 5. The number of benzene rings is 3. The SMILES string of the molecule is CN(Cc1cccc(C(=O)N2CCN3C(=O)OC(c4ccccc4)(c4ccccc4)C3C2)c1)C(=O)OC(C)(C)C. The van der Waals surface area contributed by atoms with Crippen LogP contribution >= 0.6 is 0 Å². The highest BCUT2D eigenvalue weighted by Crippen LogP contribution is 2.45. The van der Waals surface area contributed by atoms with Crippen LogP contribution in [0.4, 0.5) is 9.59 Å². The lowest BCUT2D eigenvalue weighted by atomic mass is 9.79. The number of fused-ring (bicyclic) bond motifs is 1. The zero-order valence-electron chi connectivity index (χ0n) is 23.4. The van der Waals surface area contributed by atoms with E-state index in [0.717, 1.165) is 16.7 Å². The lowest BCUT2D eigenvalue weighted by Crippen LogP contribution is -2.58. The Morgan fingerprint density at radius 3 is 2.17 bits per heavy atom. The minimum Gasteiger partial charge on any atom is -0.444 e. The van der Waals surface area contributed by atoms with Gasteiger partial charge in [0.05, 0.1) is 0 Å². The Morgan fingerprint density at radius 1 is 0.950 bits per heavy atom. The first kappa shape index (κ1) is 27.2. The van der Waals surface area contributed by atoms with E-state index in [9.17, 15) is 14.4 Å². The largest absolute Gasteiger partial charge is 0.444 e. The van der Waals surface area contributed by atoms with Gasteiger partial charge in [-0.3, -0.25) is 9.69 Å². The van der Waals surface area contributed by atoms with E-state index in [4.69, 9.17) is 9.47 Å². The Hall–Kier alpha value is -4.33. The molecule has 208 valence electrons. The van der Waals surface area contributed by atoms with Crippen molar-refractivity contribution in [2.45, 2.75) is 44.6 Å². The summed E-state index contributed by atoms with van der Waals surface area (Å²) in [4.78, 5) is 44.4. The van der Waals surface area contributed by atoms with E-state index < -0.39 is 23.3 Å². The Balaban J connectivity index is 1.40. The summed E-state index contributed by atoms with van der Waals surface area (Å²) < 4.78 is 11.7. The molecule has 0 saturated carbocycles. The van der Waals surface area contributed by atoms with Crippen LogP contribution in [0.2, 0.25) is 0 Å². The van der Waals surface area contributed by atoms with Crippen molar-refractivity contribution in [3.05, 3.63) is 107 Å². The Labute approximate surface area is 235 Å². The van der Waals surface area contributed by atoms with Crippen LogP contribution < -0.4 is 0 Å². The predicted molar refractivity (Wildman–Crippen MR) is 151 cm³/mol. The predicted octanol–water partition coefficient (Wildman–Crippen LogP) is 5.27. The van der Waals surface area contributed by atoms with Gasteiger partial charge < -0.3 is 19.3 Å². The summed E-state index contributed by atoms with van der Waals surface area (Å²) in [5.74, 6) is -0.129. The molecule has 1 unspecified atom stereocenters. The van der Waals surface area contributed by atoms with E-state index in [1.54, 1.807) is 22.9 Å². The summed E-state index contributed by atoms with van der Waals surface area (Å²) in [6.45, 7) is 6.86. The summed E-state index contributed by atoms with van der Waals surface area (Å²) in [5, 5.41) is 0. The quantitative estimate of drug-likeness (QED) is 0.440. The van der Waals surface area contributed by atoms with Crippen LogP contribution in [0.15, 0.2) is 84.9 Å². The van der Waals surface area contributed by atoms with Gasteiger partial charge in [-0.1, -0.05) is 72.8 Å². The number of hydrogen-bond acceptors (Lipinski definition) is 5. The molecule has 2 heterocycles. The molecule has 3 aromatic carbocycles. The monoisotopic (exact) mass is 541 g/mol. The molecule has 0 aromatic heterocycles. The smallest absolute Gasteiger partial charge is 0.411 e. The van der Waals surface area contributed by atoms with Crippen LogP contribution in [0.5, 0.6) is 0 Å².